The van der Waals surface area contributed by atoms with Crippen LogP contribution < -0.4 is 9.47 Å². The first-order valence-electron chi connectivity index (χ1n) is 6.48. The summed E-state index contributed by atoms with van der Waals surface area (Å²) in [5, 5.41) is 8.10. The first kappa shape index (κ1) is 14.1. The molecule has 0 aromatic heterocycles. The highest BCUT2D eigenvalue weighted by molar-refractivity contribution is 5.89. The third-order valence-electron chi connectivity index (χ3n) is 3.29. The lowest BCUT2D eigenvalue weighted by molar-refractivity contribution is 0.413. The maximum absolute atomic E-state index is 8.10. The number of rotatable bonds is 5. The summed E-state index contributed by atoms with van der Waals surface area (Å²) in [7, 11) is 3.30. The monoisotopic (exact) mass is 269 g/mol. The lowest BCUT2D eigenvalue weighted by Crippen LogP contribution is -2.10. The largest absolute Gasteiger partial charge is 0.497 e. The molecule has 3 heteroatoms. The van der Waals surface area contributed by atoms with Gasteiger partial charge in [-0.1, -0.05) is 24.3 Å². The first-order valence-corrected chi connectivity index (χ1v) is 6.48. The van der Waals surface area contributed by atoms with E-state index in [0.29, 0.717) is 5.71 Å². The van der Waals surface area contributed by atoms with Crippen LogP contribution in [0, 0.1) is 5.41 Å². The molecule has 0 unspecified atom stereocenters. The summed E-state index contributed by atoms with van der Waals surface area (Å²) in [6.45, 7) is 1.82. The zero-order chi connectivity index (χ0) is 14.5. The summed E-state index contributed by atoms with van der Waals surface area (Å²) in [6.07, 6.45) is 0. The number of methoxy groups -OCH3 is 2. The van der Waals surface area contributed by atoms with Gasteiger partial charge in [0, 0.05) is 11.6 Å². The van der Waals surface area contributed by atoms with Crippen molar-refractivity contribution < 1.29 is 9.47 Å². The molecule has 0 fully saturated rings. The van der Waals surface area contributed by atoms with Crippen molar-refractivity contribution in [3.63, 3.8) is 0 Å². The Kier molecular flexibility index (Phi) is 4.41. The van der Waals surface area contributed by atoms with E-state index in [1.165, 1.54) is 0 Å². The fraction of sp³-hybridized carbons (Fsp3) is 0.235. The van der Waals surface area contributed by atoms with Crippen molar-refractivity contribution in [1.29, 1.82) is 5.41 Å². The van der Waals surface area contributed by atoms with E-state index in [4.69, 9.17) is 14.9 Å². The minimum atomic E-state index is -0.0831. The highest BCUT2D eigenvalue weighted by atomic mass is 16.5. The Balaban J connectivity index is 2.47. The maximum atomic E-state index is 8.10. The normalized spacial score (nSPS) is 10.4. The summed E-state index contributed by atoms with van der Waals surface area (Å²) in [5.74, 6) is 1.52. The van der Waals surface area contributed by atoms with Crippen molar-refractivity contribution in [2.24, 2.45) is 0 Å². The van der Waals surface area contributed by atoms with Gasteiger partial charge in [0.15, 0.2) is 0 Å². The van der Waals surface area contributed by atoms with Gasteiger partial charge in [0.1, 0.15) is 11.5 Å². The Labute approximate surface area is 119 Å². The van der Waals surface area contributed by atoms with E-state index in [-0.39, 0.29) is 5.92 Å². The van der Waals surface area contributed by atoms with E-state index in [9.17, 15) is 0 Å². The molecule has 2 aromatic carbocycles. The summed E-state index contributed by atoms with van der Waals surface area (Å²) < 4.78 is 10.5. The van der Waals surface area contributed by atoms with Gasteiger partial charge in [-0.05, 0) is 42.3 Å². The van der Waals surface area contributed by atoms with Crippen molar-refractivity contribution >= 4 is 5.71 Å². The van der Waals surface area contributed by atoms with Crippen LogP contribution in [0.1, 0.15) is 24.0 Å². The van der Waals surface area contributed by atoms with Crippen molar-refractivity contribution in [2.45, 2.75) is 12.8 Å². The standard InChI is InChI=1S/C17H19NO2/c1-12(18)17(13-6-4-8-15(10-13)19-2)14-7-5-9-16(11-14)20-3/h4-11,17-18H,1-3H3. The van der Waals surface area contributed by atoms with Gasteiger partial charge in [0.05, 0.1) is 14.2 Å². The minimum absolute atomic E-state index is 0.0831. The van der Waals surface area contributed by atoms with Crippen LogP contribution in [0.2, 0.25) is 0 Å². The Morgan fingerprint density at radius 3 is 1.70 bits per heavy atom. The van der Waals surface area contributed by atoms with Gasteiger partial charge < -0.3 is 14.9 Å². The molecular formula is C17H19NO2. The first-order chi connectivity index (χ1) is 9.65. The van der Waals surface area contributed by atoms with Gasteiger partial charge in [-0.15, -0.1) is 0 Å². The molecule has 104 valence electrons. The number of hydrogen-bond acceptors (Lipinski definition) is 3. The van der Waals surface area contributed by atoms with Crippen LogP contribution in [-0.2, 0) is 0 Å². The molecular weight excluding hydrogens is 250 g/mol. The van der Waals surface area contributed by atoms with Crippen molar-refractivity contribution in [1.82, 2.24) is 0 Å². The number of ether oxygens (including phenoxy) is 2. The smallest absolute Gasteiger partial charge is 0.119 e. The van der Waals surface area contributed by atoms with Gasteiger partial charge in [-0.25, -0.2) is 0 Å². The molecule has 1 N–H and O–H groups in total. The zero-order valence-electron chi connectivity index (χ0n) is 12.0. The third-order valence-corrected chi connectivity index (χ3v) is 3.29. The predicted molar refractivity (Wildman–Crippen MR) is 81.2 cm³/mol. The molecule has 0 aliphatic rings. The predicted octanol–water partition coefficient (Wildman–Crippen LogP) is 3.88. The Morgan fingerprint density at radius 1 is 0.900 bits per heavy atom. The molecule has 0 saturated heterocycles. The molecule has 3 nitrogen and oxygen atoms in total. The molecule has 20 heavy (non-hydrogen) atoms. The van der Waals surface area contributed by atoms with Crippen LogP contribution in [0.15, 0.2) is 48.5 Å². The fourth-order valence-corrected chi connectivity index (χ4v) is 2.33. The summed E-state index contributed by atoms with van der Waals surface area (Å²) in [4.78, 5) is 0. The summed E-state index contributed by atoms with van der Waals surface area (Å²) in [6, 6.07) is 15.7. The average molecular weight is 269 g/mol. The molecule has 0 bridgehead atoms. The number of nitrogens with one attached hydrogen (secondary N) is 1. The van der Waals surface area contributed by atoms with Crippen LogP contribution in [0.25, 0.3) is 0 Å². The molecule has 0 saturated carbocycles. The average Bonchev–Trinajstić information content (AvgIpc) is 2.47. The quantitative estimate of drug-likeness (QED) is 0.837. The van der Waals surface area contributed by atoms with Crippen LogP contribution in [0.5, 0.6) is 11.5 Å². The van der Waals surface area contributed by atoms with Crippen LogP contribution >= 0.6 is 0 Å². The molecule has 2 rings (SSSR count). The molecule has 0 spiro atoms. The highest BCUT2D eigenvalue weighted by Gasteiger charge is 2.17. The number of hydrogen-bond donors (Lipinski definition) is 1. The van der Waals surface area contributed by atoms with E-state index >= 15 is 0 Å². The van der Waals surface area contributed by atoms with Crippen LogP contribution in [0.4, 0.5) is 0 Å². The maximum Gasteiger partial charge on any atom is 0.119 e. The topological polar surface area (TPSA) is 42.3 Å². The summed E-state index contributed by atoms with van der Waals surface area (Å²) >= 11 is 0. The van der Waals surface area contributed by atoms with Crippen LogP contribution in [-0.4, -0.2) is 19.9 Å². The van der Waals surface area contributed by atoms with Crippen LogP contribution in [0.3, 0.4) is 0 Å². The Hall–Kier alpha value is -2.29. The molecule has 0 aliphatic carbocycles. The second kappa shape index (κ2) is 6.24. The second-order valence-electron chi connectivity index (χ2n) is 4.67. The van der Waals surface area contributed by atoms with Gasteiger partial charge in [-0.3, -0.25) is 0 Å². The second-order valence-corrected chi connectivity index (χ2v) is 4.67. The lowest BCUT2D eigenvalue weighted by atomic mass is 9.87. The van der Waals surface area contributed by atoms with Crippen molar-refractivity contribution in [3.05, 3.63) is 59.7 Å². The van der Waals surface area contributed by atoms with Gasteiger partial charge >= 0.3 is 0 Å². The van der Waals surface area contributed by atoms with E-state index in [1.807, 2.05) is 55.5 Å². The van der Waals surface area contributed by atoms with E-state index in [0.717, 1.165) is 22.6 Å². The molecule has 0 aliphatic heterocycles. The highest BCUT2D eigenvalue weighted by Crippen LogP contribution is 2.30. The molecule has 0 heterocycles. The Morgan fingerprint density at radius 2 is 1.35 bits per heavy atom. The van der Waals surface area contributed by atoms with Gasteiger partial charge in [0.25, 0.3) is 0 Å². The molecule has 0 radical (unpaired) electrons. The fourth-order valence-electron chi connectivity index (χ4n) is 2.33. The van der Waals surface area contributed by atoms with E-state index < -0.39 is 0 Å². The van der Waals surface area contributed by atoms with E-state index in [1.54, 1.807) is 14.2 Å². The zero-order valence-corrected chi connectivity index (χ0v) is 12.0. The van der Waals surface area contributed by atoms with Gasteiger partial charge in [-0.2, -0.15) is 0 Å². The van der Waals surface area contributed by atoms with E-state index in [2.05, 4.69) is 0 Å². The SMILES string of the molecule is COc1cccc(C(C(C)=N)c2cccc(OC)c2)c1. The Bertz CT molecular complexity index is 560. The number of benzene rings is 2. The van der Waals surface area contributed by atoms with Crippen molar-refractivity contribution in [3.8, 4) is 11.5 Å². The third kappa shape index (κ3) is 2.99. The molecule has 2 aromatic rings. The molecule has 0 amide bonds. The van der Waals surface area contributed by atoms with Crippen molar-refractivity contribution in [2.75, 3.05) is 14.2 Å². The van der Waals surface area contributed by atoms with Gasteiger partial charge in [0.2, 0.25) is 0 Å². The minimum Gasteiger partial charge on any atom is -0.497 e. The summed E-state index contributed by atoms with van der Waals surface area (Å²) in [5.41, 5.74) is 2.68. The lowest BCUT2D eigenvalue weighted by Gasteiger charge is -2.18. The molecule has 0 atom stereocenters.